The number of nitrogens with one attached hydrogen (secondary N) is 1. The summed E-state index contributed by atoms with van der Waals surface area (Å²) in [5.74, 6) is 0.860. The highest BCUT2D eigenvalue weighted by Crippen LogP contribution is 2.28. The van der Waals surface area contributed by atoms with Crippen LogP contribution in [0.5, 0.6) is 0 Å². The molecule has 0 bridgehead atoms. The smallest absolute Gasteiger partial charge is 0.134 e. The minimum Gasteiger partial charge on any atom is -0.308 e. The van der Waals surface area contributed by atoms with Gasteiger partial charge in [0.2, 0.25) is 0 Å². The van der Waals surface area contributed by atoms with E-state index in [-0.39, 0.29) is 0 Å². The molecule has 0 aromatic carbocycles. The molecule has 2 rings (SSSR count). The van der Waals surface area contributed by atoms with Crippen molar-refractivity contribution in [1.82, 2.24) is 15.5 Å². The molecule has 1 aromatic heterocycles. The zero-order valence-electron chi connectivity index (χ0n) is 10.9. The van der Waals surface area contributed by atoms with E-state index >= 15 is 0 Å². The molecular weight excluding hydrogens is 230 g/mol. The number of nitrogens with zero attached hydrogens (tertiary/aromatic N) is 2. The fourth-order valence-corrected chi connectivity index (χ4v) is 3.54. The maximum absolute atomic E-state index is 4.34. The summed E-state index contributed by atoms with van der Waals surface area (Å²) in [6, 6.07) is 0.345. The molecule has 0 spiro atoms. The zero-order chi connectivity index (χ0) is 12.1. The van der Waals surface area contributed by atoms with Crippen molar-refractivity contribution in [2.75, 3.05) is 6.54 Å². The van der Waals surface area contributed by atoms with Gasteiger partial charge in [0.05, 0.1) is 6.04 Å². The van der Waals surface area contributed by atoms with Gasteiger partial charge < -0.3 is 5.32 Å². The SMILES string of the molecule is CCNC(C)c1nnc(CC2CCCCC2)s1. The van der Waals surface area contributed by atoms with Gasteiger partial charge in [0.25, 0.3) is 0 Å². The largest absolute Gasteiger partial charge is 0.308 e. The van der Waals surface area contributed by atoms with Gasteiger partial charge in [-0.05, 0) is 19.4 Å². The normalized spacial score (nSPS) is 19.4. The van der Waals surface area contributed by atoms with Crippen LogP contribution in [0, 0.1) is 5.92 Å². The van der Waals surface area contributed by atoms with Crippen LogP contribution >= 0.6 is 11.3 Å². The van der Waals surface area contributed by atoms with E-state index in [2.05, 4.69) is 29.4 Å². The molecule has 96 valence electrons. The van der Waals surface area contributed by atoms with Crippen LogP contribution in [0.4, 0.5) is 0 Å². The Bertz CT molecular complexity index is 331. The Labute approximate surface area is 108 Å². The molecule has 17 heavy (non-hydrogen) atoms. The van der Waals surface area contributed by atoms with Crippen LogP contribution in [-0.2, 0) is 6.42 Å². The molecule has 1 aromatic rings. The van der Waals surface area contributed by atoms with Crippen LogP contribution in [-0.4, -0.2) is 16.7 Å². The Morgan fingerprint density at radius 1 is 1.29 bits per heavy atom. The van der Waals surface area contributed by atoms with Crippen molar-refractivity contribution in [3.63, 3.8) is 0 Å². The highest BCUT2D eigenvalue weighted by atomic mass is 32.1. The van der Waals surface area contributed by atoms with Crippen molar-refractivity contribution in [3.8, 4) is 0 Å². The monoisotopic (exact) mass is 253 g/mol. The molecule has 1 saturated carbocycles. The highest BCUT2D eigenvalue weighted by Gasteiger charge is 2.17. The van der Waals surface area contributed by atoms with E-state index in [1.54, 1.807) is 11.3 Å². The first kappa shape index (κ1) is 13.0. The van der Waals surface area contributed by atoms with E-state index in [0.29, 0.717) is 6.04 Å². The predicted octanol–water partition coefficient (Wildman–Crippen LogP) is 3.33. The third-order valence-corrected chi connectivity index (χ3v) is 4.68. The maximum Gasteiger partial charge on any atom is 0.134 e. The van der Waals surface area contributed by atoms with Gasteiger partial charge in [-0.1, -0.05) is 50.4 Å². The molecule has 1 N–H and O–H groups in total. The summed E-state index contributed by atoms with van der Waals surface area (Å²) in [6.07, 6.45) is 8.16. The van der Waals surface area contributed by atoms with Gasteiger partial charge in [0, 0.05) is 6.42 Å². The lowest BCUT2D eigenvalue weighted by atomic mass is 9.87. The van der Waals surface area contributed by atoms with E-state index < -0.39 is 0 Å². The quantitative estimate of drug-likeness (QED) is 0.874. The molecule has 1 unspecified atom stereocenters. The van der Waals surface area contributed by atoms with Crippen LogP contribution in [0.3, 0.4) is 0 Å². The molecule has 1 atom stereocenters. The van der Waals surface area contributed by atoms with E-state index in [0.717, 1.165) is 23.9 Å². The molecule has 4 heteroatoms. The zero-order valence-corrected chi connectivity index (χ0v) is 11.7. The van der Waals surface area contributed by atoms with E-state index in [1.165, 1.54) is 37.1 Å². The van der Waals surface area contributed by atoms with E-state index in [4.69, 9.17) is 0 Å². The Hall–Kier alpha value is -0.480. The molecule has 0 saturated heterocycles. The van der Waals surface area contributed by atoms with Gasteiger partial charge in [-0.2, -0.15) is 0 Å². The fraction of sp³-hybridized carbons (Fsp3) is 0.846. The second-order valence-electron chi connectivity index (χ2n) is 5.02. The topological polar surface area (TPSA) is 37.8 Å². The molecule has 3 nitrogen and oxygen atoms in total. The predicted molar refractivity (Wildman–Crippen MR) is 72.3 cm³/mol. The van der Waals surface area contributed by atoms with E-state index in [1.807, 2.05) is 0 Å². The highest BCUT2D eigenvalue weighted by molar-refractivity contribution is 7.11. The number of hydrogen-bond donors (Lipinski definition) is 1. The van der Waals surface area contributed by atoms with Crippen molar-refractivity contribution in [2.45, 2.75) is 58.4 Å². The Morgan fingerprint density at radius 3 is 2.76 bits per heavy atom. The molecule has 1 aliphatic rings. The van der Waals surface area contributed by atoms with Crippen molar-refractivity contribution in [3.05, 3.63) is 10.0 Å². The lowest BCUT2D eigenvalue weighted by Gasteiger charge is -2.19. The summed E-state index contributed by atoms with van der Waals surface area (Å²) in [5.41, 5.74) is 0. The third-order valence-electron chi connectivity index (χ3n) is 3.55. The van der Waals surface area contributed by atoms with Crippen molar-refractivity contribution in [1.29, 1.82) is 0 Å². The first-order valence-corrected chi connectivity index (χ1v) is 7.67. The number of aromatic nitrogens is 2. The molecule has 0 radical (unpaired) electrons. The van der Waals surface area contributed by atoms with Gasteiger partial charge in [-0.3, -0.25) is 0 Å². The molecular formula is C13H23N3S. The van der Waals surface area contributed by atoms with E-state index in [9.17, 15) is 0 Å². The molecule has 0 amide bonds. The summed E-state index contributed by atoms with van der Waals surface area (Å²) in [4.78, 5) is 0. The van der Waals surface area contributed by atoms with Gasteiger partial charge in [0.15, 0.2) is 0 Å². The van der Waals surface area contributed by atoms with Crippen molar-refractivity contribution in [2.24, 2.45) is 5.92 Å². The maximum atomic E-state index is 4.34. The average Bonchev–Trinajstić information content (AvgIpc) is 2.79. The Balaban J connectivity index is 1.88. The van der Waals surface area contributed by atoms with Crippen molar-refractivity contribution < 1.29 is 0 Å². The van der Waals surface area contributed by atoms with Gasteiger partial charge in [-0.25, -0.2) is 0 Å². The van der Waals surface area contributed by atoms with Gasteiger partial charge in [-0.15, -0.1) is 10.2 Å². The third kappa shape index (κ3) is 3.75. The standard InChI is InChI=1S/C13H23N3S/c1-3-14-10(2)13-16-15-12(17-13)9-11-7-5-4-6-8-11/h10-11,14H,3-9H2,1-2H3. The minimum atomic E-state index is 0.345. The van der Waals surface area contributed by atoms with Crippen LogP contribution < -0.4 is 5.32 Å². The molecule has 1 heterocycles. The summed E-state index contributed by atoms with van der Waals surface area (Å²) >= 11 is 1.79. The van der Waals surface area contributed by atoms with Gasteiger partial charge >= 0.3 is 0 Å². The Kier molecular flexibility index (Phi) is 4.92. The van der Waals surface area contributed by atoms with Crippen LogP contribution in [0.2, 0.25) is 0 Å². The summed E-state index contributed by atoms with van der Waals surface area (Å²) < 4.78 is 0. The lowest BCUT2D eigenvalue weighted by molar-refractivity contribution is 0.356. The molecule has 1 aliphatic carbocycles. The summed E-state index contributed by atoms with van der Waals surface area (Å²) in [7, 11) is 0. The first-order chi connectivity index (χ1) is 8.29. The second kappa shape index (κ2) is 6.45. The van der Waals surface area contributed by atoms with Gasteiger partial charge in [0.1, 0.15) is 10.0 Å². The van der Waals surface area contributed by atoms with Crippen LogP contribution in [0.1, 0.15) is 62.0 Å². The van der Waals surface area contributed by atoms with Crippen LogP contribution in [0.15, 0.2) is 0 Å². The molecule has 0 aliphatic heterocycles. The van der Waals surface area contributed by atoms with Crippen LogP contribution in [0.25, 0.3) is 0 Å². The summed E-state index contributed by atoms with van der Waals surface area (Å²) in [6.45, 7) is 5.27. The first-order valence-electron chi connectivity index (χ1n) is 6.85. The number of hydrogen-bond acceptors (Lipinski definition) is 4. The average molecular weight is 253 g/mol. The van der Waals surface area contributed by atoms with Crippen molar-refractivity contribution >= 4 is 11.3 Å². The Morgan fingerprint density at radius 2 is 2.06 bits per heavy atom. The number of rotatable bonds is 5. The minimum absolute atomic E-state index is 0.345. The fourth-order valence-electron chi connectivity index (χ4n) is 2.56. The molecule has 1 fully saturated rings. The lowest BCUT2D eigenvalue weighted by Crippen LogP contribution is -2.17. The second-order valence-corrected chi connectivity index (χ2v) is 6.12. The summed E-state index contributed by atoms with van der Waals surface area (Å²) in [5, 5.41) is 14.4.